The van der Waals surface area contributed by atoms with Crippen LogP contribution in [0.3, 0.4) is 0 Å². The highest BCUT2D eigenvalue weighted by Crippen LogP contribution is 2.32. The van der Waals surface area contributed by atoms with Gasteiger partial charge in [-0.3, -0.25) is 9.36 Å². The highest BCUT2D eigenvalue weighted by Gasteiger charge is 2.44. The van der Waals surface area contributed by atoms with Crippen LogP contribution in [0, 0.1) is 0 Å². The van der Waals surface area contributed by atoms with Gasteiger partial charge in [-0.15, -0.1) is 0 Å². The van der Waals surface area contributed by atoms with Gasteiger partial charge in [-0.25, -0.2) is 15.0 Å². The molecule has 0 radical (unpaired) electrons. The van der Waals surface area contributed by atoms with Crippen LogP contribution >= 0.6 is 0 Å². The van der Waals surface area contributed by atoms with Crippen molar-refractivity contribution in [2.75, 3.05) is 11.9 Å². The summed E-state index contributed by atoms with van der Waals surface area (Å²) in [5, 5.41) is 32.1. The topological polar surface area (TPSA) is 174 Å². The molecule has 1 unspecified atom stereocenters. The predicted octanol–water partition coefficient (Wildman–Crippen LogP) is -1.13. The van der Waals surface area contributed by atoms with Gasteiger partial charge in [0.05, 0.1) is 12.9 Å². The van der Waals surface area contributed by atoms with E-state index in [4.69, 9.17) is 4.74 Å². The van der Waals surface area contributed by atoms with Gasteiger partial charge in [0.15, 0.2) is 23.2 Å². The molecule has 148 valence electrons. The SMILES string of the molecule is O.O=C(Nc1ncnc2c1ncn2[C@@H]1O[C@H](CO)C(O)[C@@H]1O)c1ccccc1. The average Bonchev–Trinajstić information content (AvgIpc) is 3.25. The zero-order valence-corrected chi connectivity index (χ0v) is 14.5. The number of nitrogens with zero attached hydrogens (tertiary/aromatic N) is 4. The second kappa shape index (κ2) is 7.96. The Labute approximate surface area is 158 Å². The zero-order valence-electron chi connectivity index (χ0n) is 14.5. The number of amides is 1. The number of benzene rings is 1. The number of fused-ring (bicyclic) bond motifs is 1. The minimum atomic E-state index is -1.27. The number of hydrogen-bond acceptors (Lipinski definition) is 8. The standard InChI is InChI=1S/C17H17N5O5.H2O/c23-6-10-12(24)13(25)17(27-10)22-8-20-11-14(18-7-19-15(11)22)21-16(26)9-4-2-1-3-5-9;/h1-5,7-8,10,12-13,17,23-25H,6H2,(H,18,19,21,26);1H2/t10-,12?,13+,17-;/m1./s1. The zero-order chi connectivity index (χ0) is 19.0. The molecule has 3 aromatic rings. The molecule has 1 fully saturated rings. The van der Waals surface area contributed by atoms with Crippen molar-refractivity contribution in [3.63, 3.8) is 0 Å². The van der Waals surface area contributed by atoms with E-state index in [-0.39, 0.29) is 17.2 Å². The van der Waals surface area contributed by atoms with Crippen molar-refractivity contribution in [2.24, 2.45) is 0 Å². The van der Waals surface area contributed by atoms with Gasteiger partial charge in [0.25, 0.3) is 5.91 Å². The molecule has 0 aliphatic carbocycles. The van der Waals surface area contributed by atoms with E-state index in [1.165, 1.54) is 17.2 Å². The molecule has 1 amide bonds. The van der Waals surface area contributed by atoms with Gasteiger partial charge >= 0.3 is 0 Å². The number of aromatic nitrogens is 4. The van der Waals surface area contributed by atoms with Gasteiger partial charge < -0.3 is 30.8 Å². The predicted molar refractivity (Wildman–Crippen MR) is 96.3 cm³/mol. The van der Waals surface area contributed by atoms with E-state index in [9.17, 15) is 20.1 Å². The maximum Gasteiger partial charge on any atom is 0.256 e. The number of aliphatic hydroxyl groups excluding tert-OH is 3. The van der Waals surface area contributed by atoms with Crippen LogP contribution in [-0.4, -0.2) is 71.1 Å². The third kappa shape index (κ3) is 3.32. The fourth-order valence-electron chi connectivity index (χ4n) is 3.01. The lowest BCUT2D eigenvalue weighted by Crippen LogP contribution is -2.33. The molecule has 4 rings (SSSR count). The first-order valence-corrected chi connectivity index (χ1v) is 8.26. The Morgan fingerprint density at radius 3 is 2.57 bits per heavy atom. The van der Waals surface area contributed by atoms with Crippen molar-refractivity contribution >= 4 is 22.9 Å². The van der Waals surface area contributed by atoms with Crippen LogP contribution in [0.15, 0.2) is 43.0 Å². The lowest BCUT2D eigenvalue weighted by Gasteiger charge is -2.16. The van der Waals surface area contributed by atoms with Crippen LogP contribution in [0.1, 0.15) is 16.6 Å². The number of imidazole rings is 1. The van der Waals surface area contributed by atoms with E-state index >= 15 is 0 Å². The van der Waals surface area contributed by atoms with Crippen molar-refractivity contribution in [1.82, 2.24) is 19.5 Å². The van der Waals surface area contributed by atoms with Crippen molar-refractivity contribution < 1.29 is 30.3 Å². The second-order valence-electron chi connectivity index (χ2n) is 6.10. The van der Waals surface area contributed by atoms with E-state index in [1.807, 2.05) is 6.07 Å². The summed E-state index contributed by atoms with van der Waals surface area (Å²) in [7, 11) is 0. The second-order valence-corrected chi connectivity index (χ2v) is 6.10. The van der Waals surface area contributed by atoms with E-state index < -0.39 is 31.1 Å². The van der Waals surface area contributed by atoms with E-state index in [1.54, 1.807) is 24.3 Å². The first-order chi connectivity index (χ1) is 13.1. The summed E-state index contributed by atoms with van der Waals surface area (Å²) < 4.78 is 6.93. The molecule has 1 aliphatic rings. The third-order valence-corrected chi connectivity index (χ3v) is 4.42. The first kappa shape index (κ1) is 19.8. The Morgan fingerprint density at radius 1 is 1.14 bits per heavy atom. The molecular formula is C17H19N5O6. The molecule has 4 atom stereocenters. The van der Waals surface area contributed by atoms with Crippen LogP contribution in [0.5, 0.6) is 0 Å². The Kier molecular flexibility index (Phi) is 5.63. The summed E-state index contributed by atoms with van der Waals surface area (Å²) in [6, 6.07) is 8.65. The van der Waals surface area contributed by atoms with Crippen LogP contribution < -0.4 is 5.32 Å². The Balaban J connectivity index is 0.00000225. The third-order valence-electron chi connectivity index (χ3n) is 4.42. The van der Waals surface area contributed by atoms with Gasteiger partial charge in [-0.05, 0) is 12.1 Å². The summed E-state index contributed by atoms with van der Waals surface area (Å²) in [5.41, 5.74) is 1.08. The fraction of sp³-hybridized carbons (Fsp3) is 0.294. The summed E-state index contributed by atoms with van der Waals surface area (Å²) in [6.07, 6.45) is -1.77. The molecule has 28 heavy (non-hydrogen) atoms. The number of nitrogens with one attached hydrogen (secondary N) is 1. The Morgan fingerprint density at radius 2 is 1.89 bits per heavy atom. The molecule has 3 heterocycles. The fourth-order valence-corrected chi connectivity index (χ4v) is 3.01. The van der Waals surface area contributed by atoms with Crippen LogP contribution in [0.2, 0.25) is 0 Å². The Hall–Kier alpha value is -2.96. The highest BCUT2D eigenvalue weighted by molar-refractivity contribution is 6.06. The molecule has 1 aliphatic heterocycles. The average molecular weight is 389 g/mol. The van der Waals surface area contributed by atoms with Crippen molar-refractivity contribution in [3.05, 3.63) is 48.5 Å². The maximum absolute atomic E-state index is 12.4. The molecule has 11 nitrogen and oxygen atoms in total. The van der Waals surface area contributed by atoms with Gasteiger partial charge in [0.2, 0.25) is 0 Å². The molecular weight excluding hydrogens is 370 g/mol. The summed E-state index contributed by atoms with van der Waals surface area (Å²) in [4.78, 5) is 24.8. The lowest BCUT2D eigenvalue weighted by molar-refractivity contribution is -0.0511. The lowest BCUT2D eigenvalue weighted by atomic mass is 10.1. The number of aliphatic hydroxyl groups is 3. The molecule has 0 saturated carbocycles. The Bertz CT molecular complexity index is 965. The number of carbonyl (C=O) groups is 1. The highest BCUT2D eigenvalue weighted by atomic mass is 16.6. The molecule has 11 heteroatoms. The van der Waals surface area contributed by atoms with Gasteiger partial charge in [0, 0.05) is 5.56 Å². The largest absolute Gasteiger partial charge is 0.412 e. The summed E-state index contributed by atoms with van der Waals surface area (Å²) in [5.74, 6) is -0.141. The van der Waals surface area contributed by atoms with Crippen molar-refractivity contribution in [1.29, 1.82) is 0 Å². The minimum Gasteiger partial charge on any atom is -0.412 e. The number of carbonyl (C=O) groups excluding carboxylic acids is 1. The normalized spacial score (nSPS) is 24.1. The smallest absolute Gasteiger partial charge is 0.256 e. The number of rotatable bonds is 4. The molecule has 6 N–H and O–H groups in total. The first-order valence-electron chi connectivity index (χ1n) is 8.26. The number of ether oxygens (including phenoxy) is 1. The molecule has 1 aromatic carbocycles. The van der Waals surface area contributed by atoms with E-state index in [0.717, 1.165) is 0 Å². The summed E-state index contributed by atoms with van der Waals surface area (Å²) >= 11 is 0. The molecule has 0 spiro atoms. The van der Waals surface area contributed by atoms with E-state index in [0.29, 0.717) is 16.7 Å². The number of hydrogen-bond donors (Lipinski definition) is 4. The monoisotopic (exact) mass is 389 g/mol. The van der Waals surface area contributed by atoms with Gasteiger partial charge in [-0.1, -0.05) is 18.2 Å². The van der Waals surface area contributed by atoms with Crippen LogP contribution in [0.25, 0.3) is 11.2 Å². The van der Waals surface area contributed by atoms with E-state index in [2.05, 4.69) is 20.3 Å². The van der Waals surface area contributed by atoms with Crippen molar-refractivity contribution in [3.8, 4) is 0 Å². The number of anilines is 1. The maximum atomic E-state index is 12.4. The van der Waals surface area contributed by atoms with Crippen LogP contribution in [-0.2, 0) is 4.74 Å². The molecule has 0 bridgehead atoms. The molecule has 2 aromatic heterocycles. The van der Waals surface area contributed by atoms with Gasteiger partial charge in [-0.2, -0.15) is 0 Å². The molecule has 1 saturated heterocycles. The van der Waals surface area contributed by atoms with Crippen molar-refractivity contribution in [2.45, 2.75) is 24.5 Å². The summed E-state index contributed by atoms with van der Waals surface area (Å²) in [6.45, 7) is -0.436. The quantitative estimate of drug-likeness (QED) is 0.433. The van der Waals surface area contributed by atoms with Crippen LogP contribution in [0.4, 0.5) is 5.82 Å². The minimum absolute atomic E-state index is 0. The van der Waals surface area contributed by atoms with Gasteiger partial charge in [0.1, 0.15) is 24.6 Å².